The van der Waals surface area contributed by atoms with Gasteiger partial charge in [-0.05, 0) is 43.9 Å². The third-order valence-electron chi connectivity index (χ3n) is 6.90. The number of carbonyl (C=O) groups excluding carboxylic acids is 2. The number of hydrogen-bond donors (Lipinski definition) is 0. The molecule has 6 nitrogen and oxygen atoms in total. The molecule has 0 bridgehead atoms. The molecule has 2 unspecified atom stereocenters. The van der Waals surface area contributed by atoms with E-state index >= 15 is 0 Å². The van der Waals surface area contributed by atoms with Crippen molar-refractivity contribution in [3.05, 3.63) is 0 Å². The summed E-state index contributed by atoms with van der Waals surface area (Å²) in [6.45, 7) is 9.86. The minimum Gasteiger partial charge on any atom is -0.434 e. The smallest absolute Gasteiger partial charge is 0.434 e. The lowest BCUT2D eigenvalue weighted by Crippen LogP contribution is -2.32. The quantitative estimate of drug-likeness (QED) is 0.119. The van der Waals surface area contributed by atoms with Gasteiger partial charge in [-0.2, -0.15) is 0 Å². The summed E-state index contributed by atoms with van der Waals surface area (Å²) in [6.07, 6.45) is 17.8. The Kier molecular flexibility index (Phi) is 19.5. The van der Waals surface area contributed by atoms with E-state index < -0.39 is 12.3 Å². The van der Waals surface area contributed by atoms with Gasteiger partial charge in [-0.3, -0.25) is 0 Å². The molecular weight excluding hydrogens is 456 g/mol. The monoisotopic (exact) mass is 512 g/mol. The van der Waals surface area contributed by atoms with E-state index in [1.54, 1.807) is 0 Å². The largest absolute Gasteiger partial charge is 0.508 e. The molecule has 212 valence electrons. The van der Waals surface area contributed by atoms with Gasteiger partial charge in [0.05, 0.1) is 13.2 Å². The zero-order valence-electron chi connectivity index (χ0n) is 23.9. The number of ether oxygens (including phenoxy) is 4. The second-order valence-electron chi connectivity index (χ2n) is 11.5. The molecule has 0 saturated heterocycles. The highest BCUT2D eigenvalue weighted by Gasteiger charge is 2.28. The van der Waals surface area contributed by atoms with E-state index in [2.05, 4.69) is 27.7 Å². The third-order valence-corrected chi connectivity index (χ3v) is 6.90. The minimum absolute atomic E-state index is 0.263. The Labute approximate surface area is 221 Å². The fraction of sp³-hybridized carbons (Fsp3) is 0.933. The number of rotatable bonds is 20. The Balaban J connectivity index is 2.00. The van der Waals surface area contributed by atoms with Gasteiger partial charge >= 0.3 is 12.3 Å². The molecule has 1 saturated carbocycles. The van der Waals surface area contributed by atoms with Crippen LogP contribution in [0.25, 0.3) is 0 Å². The predicted molar refractivity (Wildman–Crippen MR) is 145 cm³/mol. The van der Waals surface area contributed by atoms with Crippen molar-refractivity contribution in [2.24, 2.45) is 11.8 Å². The molecule has 0 aromatic carbocycles. The molecule has 2 atom stereocenters. The molecule has 0 spiro atoms. The van der Waals surface area contributed by atoms with Gasteiger partial charge in [0.15, 0.2) is 0 Å². The van der Waals surface area contributed by atoms with Crippen LogP contribution in [0, 0.1) is 11.8 Å². The first-order valence-corrected chi connectivity index (χ1v) is 15.0. The van der Waals surface area contributed by atoms with Crippen molar-refractivity contribution in [2.45, 2.75) is 155 Å². The maximum atomic E-state index is 12.0. The van der Waals surface area contributed by atoms with Crippen LogP contribution in [0.1, 0.15) is 143 Å². The lowest BCUT2D eigenvalue weighted by Gasteiger charge is -2.28. The van der Waals surface area contributed by atoms with E-state index in [9.17, 15) is 9.59 Å². The Morgan fingerprint density at radius 1 is 0.583 bits per heavy atom. The van der Waals surface area contributed by atoms with Crippen LogP contribution in [0.5, 0.6) is 0 Å². The fourth-order valence-electron chi connectivity index (χ4n) is 4.69. The molecular formula is C30H56O6. The molecule has 36 heavy (non-hydrogen) atoms. The first-order chi connectivity index (χ1) is 17.4. The summed E-state index contributed by atoms with van der Waals surface area (Å²) in [5, 5.41) is 0. The average molecular weight is 513 g/mol. The zero-order valence-corrected chi connectivity index (χ0v) is 23.9. The Bertz CT molecular complexity index is 548. The minimum atomic E-state index is -0.610. The maximum Gasteiger partial charge on any atom is 0.508 e. The summed E-state index contributed by atoms with van der Waals surface area (Å²) >= 11 is 0. The van der Waals surface area contributed by atoms with Crippen LogP contribution >= 0.6 is 0 Å². The SMILES string of the molecule is CC(C)CCCCCCCCCCOC(=O)OC1CCCC(OC(=O)OCCCCCCC(C)C)C1. The van der Waals surface area contributed by atoms with E-state index in [-0.39, 0.29) is 12.2 Å². The lowest BCUT2D eigenvalue weighted by atomic mass is 9.95. The molecule has 1 aliphatic carbocycles. The summed E-state index contributed by atoms with van der Waals surface area (Å²) in [5.41, 5.74) is 0. The molecule has 0 radical (unpaired) electrons. The standard InChI is InChI=1S/C30H56O6/c1-25(2)18-13-9-7-5-6-8-11-15-22-33-29(31)35-27-20-17-21-28(24-27)36-30(32)34-23-16-12-10-14-19-26(3)4/h25-28H,5-24H2,1-4H3. The van der Waals surface area contributed by atoms with Gasteiger partial charge in [-0.1, -0.05) is 105 Å². The second kappa shape index (κ2) is 21.6. The van der Waals surface area contributed by atoms with E-state index in [0.717, 1.165) is 56.8 Å². The van der Waals surface area contributed by atoms with Gasteiger partial charge in [0, 0.05) is 6.42 Å². The van der Waals surface area contributed by atoms with Gasteiger partial charge in [0.25, 0.3) is 0 Å². The van der Waals surface area contributed by atoms with Gasteiger partial charge in [0.1, 0.15) is 12.2 Å². The van der Waals surface area contributed by atoms with Crippen LogP contribution < -0.4 is 0 Å². The van der Waals surface area contributed by atoms with Crippen molar-refractivity contribution in [2.75, 3.05) is 13.2 Å². The second-order valence-corrected chi connectivity index (χ2v) is 11.5. The number of carbonyl (C=O) groups is 2. The molecule has 1 rings (SSSR count). The maximum absolute atomic E-state index is 12.0. The fourth-order valence-corrected chi connectivity index (χ4v) is 4.69. The Morgan fingerprint density at radius 2 is 0.944 bits per heavy atom. The zero-order chi connectivity index (χ0) is 26.4. The molecule has 1 fully saturated rings. The molecule has 1 aliphatic rings. The summed E-state index contributed by atoms with van der Waals surface area (Å²) < 4.78 is 21.4. The van der Waals surface area contributed by atoms with E-state index in [1.165, 1.54) is 64.2 Å². The van der Waals surface area contributed by atoms with Crippen molar-refractivity contribution >= 4 is 12.3 Å². The highest BCUT2D eigenvalue weighted by Crippen LogP contribution is 2.24. The van der Waals surface area contributed by atoms with Crippen LogP contribution in [0.2, 0.25) is 0 Å². The summed E-state index contributed by atoms with van der Waals surface area (Å²) in [6, 6.07) is 0. The molecule has 0 N–H and O–H groups in total. The molecule has 6 heteroatoms. The predicted octanol–water partition coefficient (Wildman–Crippen LogP) is 9.38. The Morgan fingerprint density at radius 3 is 1.33 bits per heavy atom. The highest BCUT2D eigenvalue weighted by atomic mass is 16.7. The molecule has 0 heterocycles. The van der Waals surface area contributed by atoms with Crippen LogP contribution in [0.4, 0.5) is 9.59 Å². The average Bonchev–Trinajstić information content (AvgIpc) is 2.81. The van der Waals surface area contributed by atoms with Crippen molar-refractivity contribution in [1.82, 2.24) is 0 Å². The van der Waals surface area contributed by atoms with Crippen LogP contribution in [0.3, 0.4) is 0 Å². The van der Waals surface area contributed by atoms with Crippen molar-refractivity contribution < 1.29 is 28.5 Å². The van der Waals surface area contributed by atoms with Crippen molar-refractivity contribution in [3.8, 4) is 0 Å². The molecule has 0 aliphatic heterocycles. The summed E-state index contributed by atoms with van der Waals surface area (Å²) in [5.74, 6) is 1.56. The van der Waals surface area contributed by atoms with Crippen LogP contribution in [-0.2, 0) is 18.9 Å². The van der Waals surface area contributed by atoms with Crippen molar-refractivity contribution in [3.63, 3.8) is 0 Å². The normalized spacial score (nSPS) is 17.8. The van der Waals surface area contributed by atoms with E-state index in [1.807, 2.05) is 0 Å². The highest BCUT2D eigenvalue weighted by molar-refractivity contribution is 5.60. The summed E-state index contributed by atoms with van der Waals surface area (Å²) in [7, 11) is 0. The van der Waals surface area contributed by atoms with Gasteiger partial charge < -0.3 is 18.9 Å². The first-order valence-electron chi connectivity index (χ1n) is 15.0. The van der Waals surface area contributed by atoms with Crippen molar-refractivity contribution in [1.29, 1.82) is 0 Å². The topological polar surface area (TPSA) is 71.1 Å². The van der Waals surface area contributed by atoms with Gasteiger partial charge in [0.2, 0.25) is 0 Å². The molecule has 0 amide bonds. The van der Waals surface area contributed by atoms with E-state index in [0.29, 0.717) is 19.6 Å². The first kappa shape index (κ1) is 32.6. The van der Waals surface area contributed by atoms with Gasteiger partial charge in [-0.25, -0.2) is 9.59 Å². The van der Waals surface area contributed by atoms with Gasteiger partial charge in [-0.15, -0.1) is 0 Å². The number of unbranched alkanes of at least 4 members (excludes halogenated alkanes) is 10. The number of hydrogen-bond acceptors (Lipinski definition) is 6. The third kappa shape index (κ3) is 19.7. The van der Waals surface area contributed by atoms with E-state index in [4.69, 9.17) is 18.9 Å². The van der Waals surface area contributed by atoms with Crippen LogP contribution in [-0.4, -0.2) is 37.7 Å². The van der Waals surface area contributed by atoms with Crippen LogP contribution in [0.15, 0.2) is 0 Å². The summed E-state index contributed by atoms with van der Waals surface area (Å²) in [4.78, 5) is 24.0. The lowest BCUT2D eigenvalue weighted by molar-refractivity contribution is -0.0350. The molecule has 0 aromatic heterocycles. The molecule has 0 aromatic rings. The Hall–Kier alpha value is -1.46.